The van der Waals surface area contributed by atoms with Gasteiger partial charge in [-0.3, -0.25) is 9.97 Å². The Morgan fingerprint density at radius 2 is 1.17 bits per heavy atom. The zero-order chi connectivity index (χ0) is 12.2. The lowest BCUT2D eigenvalue weighted by molar-refractivity contribution is 1.01. The first-order chi connectivity index (χ1) is 8.93. The first-order valence-corrected chi connectivity index (χ1v) is 5.90. The summed E-state index contributed by atoms with van der Waals surface area (Å²) in [5.74, 6) is 0. The maximum absolute atomic E-state index is 4.28. The Morgan fingerprint density at radius 3 is 1.50 bits per heavy atom. The average molecular weight is 236 g/mol. The van der Waals surface area contributed by atoms with Crippen molar-refractivity contribution in [3.63, 3.8) is 0 Å². The first kappa shape index (κ1) is 10.8. The van der Waals surface area contributed by atoms with Crippen LogP contribution in [0.5, 0.6) is 0 Å². The molecule has 3 rings (SSSR count). The topological polar surface area (TPSA) is 50.5 Å². The summed E-state index contributed by atoms with van der Waals surface area (Å²) in [5.41, 5.74) is 3.69. The van der Waals surface area contributed by atoms with Crippen LogP contribution in [0.3, 0.4) is 0 Å². The maximum Gasteiger partial charge on any atom is 0.0890 e. The predicted octanol–water partition coefficient (Wildman–Crippen LogP) is 2.46. The lowest BCUT2D eigenvalue weighted by Gasteiger charge is -2.11. The van der Waals surface area contributed by atoms with E-state index in [4.69, 9.17) is 0 Å². The van der Waals surface area contributed by atoms with Crippen molar-refractivity contribution in [3.05, 3.63) is 60.2 Å². The lowest BCUT2D eigenvalue weighted by Crippen LogP contribution is -2.13. The Hall–Kier alpha value is -2.36. The molecule has 0 radical (unpaired) electrons. The lowest BCUT2D eigenvalue weighted by atomic mass is 10.0. The highest BCUT2D eigenvalue weighted by Gasteiger charge is 2.14. The number of pyridine rings is 2. The zero-order valence-electron chi connectivity index (χ0n) is 9.82. The van der Waals surface area contributed by atoms with Crippen molar-refractivity contribution in [2.75, 3.05) is 0 Å². The molecule has 0 saturated carbocycles. The van der Waals surface area contributed by atoms with Gasteiger partial charge in [0.05, 0.1) is 22.8 Å². The Bertz CT molecular complexity index is 532. The molecule has 0 aliphatic carbocycles. The zero-order valence-corrected chi connectivity index (χ0v) is 9.82. The van der Waals surface area contributed by atoms with Gasteiger partial charge in [-0.15, -0.1) is 0 Å². The van der Waals surface area contributed by atoms with Gasteiger partial charge in [0.2, 0.25) is 0 Å². The fourth-order valence-electron chi connectivity index (χ4n) is 1.88. The second kappa shape index (κ2) is 4.87. The molecule has 0 atom stereocenters. The summed E-state index contributed by atoms with van der Waals surface area (Å²) in [7, 11) is 0. The third kappa shape index (κ3) is 2.18. The van der Waals surface area contributed by atoms with Crippen LogP contribution in [0.15, 0.2) is 59.0 Å². The van der Waals surface area contributed by atoms with Crippen LogP contribution < -0.4 is 0 Å². The van der Waals surface area contributed by atoms with E-state index < -0.39 is 0 Å². The highest BCUT2D eigenvalue weighted by molar-refractivity contribution is 6.07. The van der Waals surface area contributed by atoms with Crippen molar-refractivity contribution in [1.29, 1.82) is 0 Å². The normalized spacial score (nSPS) is 14.9. The van der Waals surface area contributed by atoms with Crippen molar-refractivity contribution in [2.24, 2.45) is 10.2 Å². The molecule has 0 amide bonds. The van der Waals surface area contributed by atoms with Crippen LogP contribution in [0.1, 0.15) is 24.2 Å². The molecular weight excluding hydrogens is 224 g/mol. The van der Waals surface area contributed by atoms with Gasteiger partial charge in [0.1, 0.15) is 0 Å². The summed E-state index contributed by atoms with van der Waals surface area (Å²) in [6.45, 7) is 0. The fourth-order valence-corrected chi connectivity index (χ4v) is 1.88. The van der Waals surface area contributed by atoms with Crippen LogP contribution in [0, 0.1) is 0 Å². The first-order valence-electron chi connectivity index (χ1n) is 5.90. The van der Waals surface area contributed by atoms with Crippen molar-refractivity contribution in [1.82, 2.24) is 9.97 Å². The highest BCUT2D eigenvalue weighted by Crippen LogP contribution is 2.13. The highest BCUT2D eigenvalue weighted by atomic mass is 15.2. The molecule has 3 heterocycles. The van der Waals surface area contributed by atoms with Crippen LogP contribution in [0.4, 0.5) is 0 Å². The minimum absolute atomic E-state index is 0.854. The van der Waals surface area contributed by atoms with Gasteiger partial charge in [-0.1, -0.05) is 12.1 Å². The molecular formula is C14H12N4. The van der Waals surface area contributed by atoms with E-state index in [0.29, 0.717) is 0 Å². The molecule has 0 spiro atoms. The Kier molecular flexibility index (Phi) is 2.92. The SMILES string of the molecule is c1ccc(C2=NN=C(c3ccccn3)CC2)nc1. The molecule has 4 nitrogen and oxygen atoms in total. The van der Waals surface area contributed by atoms with Crippen molar-refractivity contribution in [3.8, 4) is 0 Å². The number of hydrogen-bond donors (Lipinski definition) is 0. The molecule has 2 aromatic heterocycles. The number of hydrogen-bond acceptors (Lipinski definition) is 4. The minimum Gasteiger partial charge on any atom is -0.255 e. The summed E-state index contributed by atoms with van der Waals surface area (Å²) in [6.07, 6.45) is 5.25. The molecule has 88 valence electrons. The Labute approximate surface area is 105 Å². The summed E-state index contributed by atoms with van der Waals surface area (Å²) in [6, 6.07) is 11.6. The third-order valence-corrected chi connectivity index (χ3v) is 2.81. The quantitative estimate of drug-likeness (QED) is 0.804. The smallest absolute Gasteiger partial charge is 0.0890 e. The van der Waals surface area contributed by atoms with E-state index in [9.17, 15) is 0 Å². The van der Waals surface area contributed by atoms with Gasteiger partial charge in [-0.25, -0.2) is 0 Å². The van der Waals surface area contributed by atoms with Crippen LogP contribution >= 0.6 is 0 Å². The van der Waals surface area contributed by atoms with Crippen LogP contribution in [0.25, 0.3) is 0 Å². The number of nitrogens with zero attached hydrogens (tertiary/aromatic N) is 4. The second-order valence-corrected chi connectivity index (χ2v) is 4.02. The van der Waals surface area contributed by atoms with E-state index in [1.165, 1.54) is 0 Å². The second-order valence-electron chi connectivity index (χ2n) is 4.02. The van der Waals surface area contributed by atoms with Crippen molar-refractivity contribution < 1.29 is 0 Å². The van der Waals surface area contributed by atoms with Gasteiger partial charge in [0.15, 0.2) is 0 Å². The number of aromatic nitrogens is 2. The fraction of sp³-hybridized carbons (Fsp3) is 0.143. The molecule has 0 fully saturated rings. The van der Waals surface area contributed by atoms with Gasteiger partial charge in [-0.05, 0) is 37.1 Å². The van der Waals surface area contributed by atoms with Crippen molar-refractivity contribution >= 4 is 11.4 Å². The molecule has 4 heteroatoms. The van der Waals surface area contributed by atoms with Crippen LogP contribution in [-0.2, 0) is 0 Å². The van der Waals surface area contributed by atoms with Gasteiger partial charge in [0.25, 0.3) is 0 Å². The van der Waals surface area contributed by atoms with Gasteiger partial charge >= 0.3 is 0 Å². The maximum atomic E-state index is 4.28. The van der Waals surface area contributed by atoms with Crippen molar-refractivity contribution in [2.45, 2.75) is 12.8 Å². The Morgan fingerprint density at radius 1 is 0.667 bits per heavy atom. The summed E-state index contributed by atoms with van der Waals surface area (Å²) >= 11 is 0. The minimum atomic E-state index is 0.854. The number of rotatable bonds is 2. The van der Waals surface area contributed by atoms with Gasteiger partial charge in [-0.2, -0.15) is 10.2 Å². The predicted molar refractivity (Wildman–Crippen MR) is 70.8 cm³/mol. The van der Waals surface area contributed by atoms with Crippen LogP contribution in [0.2, 0.25) is 0 Å². The van der Waals surface area contributed by atoms with E-state index in [1.807, 2.05) is 36.4 Å². The molecule has 2 aromatic rings. The van der Waals surface area contributed by atoms with E-state index >= 15 is 0 Å². The molecule has 0 unspecified atom stereocenters. The molecule has 0 bridgehead atoms. The average Bonchev–Trinajstić information content (AvgIpc) is 2.49. The third-order valence-electron chi connectivity index (χ3n) is 2.81. The van der Waals surface area contributed by atoms with E-state index in [2.05, 4.69) is 20.2 Å². The van der Waals surface area contributed by atoms with E-state index in [1.54, 1.807) is 12.4 Å². The summed E-state index contributed by atoms with van der Waals surface area (Å²) in [4.78, 5) is 8.57. The van der Waals surface area contributed by atoms with E-state index in [-0.39, 0.29) is 0 Å². The molecule has 1 aliphatic heterocycles. The monoisotopic (exact) mass is 236 g/mol. The summed E-state index contributed by atoms with van der Waals surface area (Å²) < 4.78 is 0. The van der Waals surface area contributed by atoms with Crippen LogP contribution in [-0.4, -0.2) is 21.4 Å². The van der Waals surface area contributed by atoms with Gasteiger partial charge in [0, 0.05) is 12.4 Å². The molecule has 1 aliphatic rings. The summed E-state index contributed by atoms with van der Waals surface area (Å²) in [5, 5.41) is 8.52. The standard InChI is InChI=1S/C14H12N4/c1-3-9-15-11(5-1)13-7-8-14(18-17-13)12-6-2-4-10-16-12/h1-6,9-10H,7-8H2. The van der Waals surface area contributed by atoms with Gasteiger partial charge < -0.3 is 0 Å². The largest absolute Gasteiger partial charge is 0.255 e. The Balaban J connectivity index is 1.88. The molecule has 0 saturated heterocycles. The van der Waals surface area contributed by atoms with E-state index in [0.717, 1.165) is 35.7 Å². The molecule has 18 heavy (non-hydrogen) atoms. The molecule has 0 N–H and O–H groups in total. The molecule has 0 aromatic carbocycles.